The number of aromatic nitrogens is 1. The van der Waals surface area contributed by atoms with Crippen molar-refractivity contribution in [2.24, 2.45) is 0 Å². The first kappa shape index (κ1) is 22.9. The number of rotatable bonds is 7. The van der Waals surface area contributed by atoms with E-state index >= 15 is 0 Å². The summed E-state index contributed by atoms with van der Waals surface area (Å²) in [5.74, 6) is 0.499. The number of piperidine rings is 1. The third-order valence-corrected chi connectivity index (χ3v) is 6.23. The van der Waals surface area contributed by atoms with Crippen LogP contribution in [0.25, 0.3) is 11.1 Å². The van der Waals surface area contributed by atoms with Gasteiger partial charge in [0.15, 0.2) is 0 Å². The molecule has 1 fully saturated rings. The van der Waals surface area contributed by atoms with E-state index < -0.39 is 6.36 Å². The van der Waals surface area contributed by atoms with E-state index in [1.165, 1.54) is 31.4 Å². The average molecular weight is 466 g/mol. The third kappa shape index (κ3) is 5.95. The number of hydrogen-bond acceptors (Lipinski definition) is 4. The van der Waals surface area contributed by atoms with Gasteiger partial charge in [-0.1, -0.05) is 24.1 Å². The van der Waals surface area contributed by atoms with Gasteiger partial charge in [0.2, 0.25) is 0 Å². The van der Waals surface area contributed by atoms with Crippen molar-refractivity contribution in [3.8, 4) is 5.75 Å². The standard InChI is InChI=1S/C24H27ClF3N3O/c25-21-7-4-6-18-8-13-22(29-23(18)21)31(17-5-16-30-14-2-1-3-15-30)19-9-11-20(12-10-19)32-24(26,27)28/h6,8-13H,1-5,7,14-17H2. The van der Waals surface area contributed by atoms with Gasteiger partial charge in [-0.3, -0.25) is 0 Å². The molecular formula is C24H27ClF3N3O. The number of anilines is 2. The zero-order chi connectivity index (χ0) is 22.6. The van der Waals surface area contributed by atoms with E-state index in [4.69, 9.17) is 16.6 Å². The van der Waals surface area contributed by atoms with Crippen LogP contribution < -0.4 is 20.2 Å². The van der Waals surface area contributed by atoms with Gasteiger partial charge in [-0.15, -0.1) is 13.2 Å². The summed E-state index contributed by atoms with van der Waals surface area (Å²) in [7, 11) is 0. The van der Waals surface area contributed by atoms with Gasteiger partial charge in [-0.25, -0.2) is 4.98 Å². The van der Waals surface area contributed by atoms with Gasteiger partial charge in [-0.2, -0.15) is 0 Å². The van der Waals surface area contributed by atoms with Gasteiger partial charge >= 0.3 is 6.36 Å². The van der Waals surface area contributed by atoms with Crippen LogP contribution in [0.5, 0.6) is 5.75 Å². The van der Waals surface area contributed by atoms with E-state index in [-0.39, 0.29) is 5.75 Å². The molecule has 0 N–H and O–H groups in total. The number of likely N-dealkylation sites (tertiary alicyclic amines) is 1. The molecule has 32 heavy (non-hydrogen) atoms. The summed E-state index contributed by atoms with van der Waals surface area (Å²) in [6.45, 7) is 3.93. The van der Waals surface area contributed by atoms with Crippen molar-refractivity contribution in [3.05, 3.63) is 47.0 Å². The molecule has 1 aromatic carbocycles. The molecule has 0 unspecified atom stereocenters. The molecule has 1 aromatic heterocycles. The predicted molar refractivity (Wildman–Crippen MR) is 121 cm³/mol. The van der Waals surface area contributed by atoms with E-state index in [0.29, 0.717) is 6.54 Å². The lowest BCUT2D eigenvalue weighted by Crippen LogP contribution is -2.35. The van der Waals surface area contributed by atoms with Crippen LogP contribution in [0.1, 0.15) is 38.5 Å². The Bertz CT molecular complexity index is 1030. The fraction of sp³-hybridized carbons (Fsp3) is 0.458. The molecule has 1 aliphatic carbocycles. The number of benzene rings is 1. The van der Waals surface area contributed by atoms with Crippen molar-refractivity contribution in [2.45, 2.75) is 44.9 Å². The molecular weight excluding hydrogens is 439 g/mol. The summed E-state index contributed by atoms with van der Waals surface area (Å²) in [5, 5.41) is 2.55. The minimum absolute atomic E-state index is 0.237. The van der Waals surface area contributed by atoms with Crippen LogP contribution in [0.15, 0.2) is 36.4 Å². The van der Waals surface area contributed by atoms with Crippen molar-refractivity contribution in [1.29, 1.82) is 0 Å². The van der Waals surface area contributed by atoms with Crippen LogP contribution in [0.3, 0.4) is 0 Å². The Morgan fingerprint density at radius 3 is 2.50 bits per heavy atom. The summed E-state index contributed by atoms with van der Waals surface area (Å²) < 4.78 is 41.6. The smallest absolute Gasteiger partial charge is 0.406 e. The van der Waals surface area contributed by atoms with Crippen molar-refractivity contribution in [1.82, 2.24) is 9.88 Å². The van der Waals surface area contributed by atoms with Crippen LogP contribution in [0.4, 0.5) is 24.7 Å². The third-order valence-electron chi connectivity index (χ3n) is 5.86. The highest BCUT2D eigenvalue weighted by Crippen LogP contribution is 2.28. The highest BCUT2D eigenvalue weighted by molar-refractivity contribution is 6.45. The van der Waals surface area contributed by atoms with Gasteiger partial charge in [0.05, 0.1) is 5.35 Å². The molecule has 8 heteroatoms. The minimum atomic E-state index is -4.71. The maximum absolute atomic E-state index is 12.5. The minimum Gasteiger partial charge on any atom is -0.406 e. The molecule has 4 rings (SSSR count). The molecule has 0 spiro atoms. The molecule has 0 bridgehead atoms. The lowest BCUT2D eigenvalue weighted by Gasteiger charge is -2.29. The largest absolute Gasteiger partial charge is 0.573 e. The van der Waals surface area contributed by atoms with Crippen LogP contribution in [-0.2, 0) is 0 Å². The molecule has 1 aliphatic heterocycles. The summed E-state index contributed by atoms with van der Waals surface area (Å²) in [6.07, 6.45) is 3.77. The Hall–Kier alpha value is -2.25. The van der Waals surface area contributed by atoms with Gasteiger partial charge in [0.25, 0.3) is 0 Å². The van der Waals surface area contributed by atoms with E-state index in [1.54, 1.807) is 12.1 Å². The molecule has 2 aromatic rings. The first-order valence-electron chi connectivity index (χ1n) is 11.1. The summed E-state index contributed by atoms with van der Waals surface area (Å²) in [6, 6.07) is 9.92. The number of hydrogen-bond donors (Lipinski definition) is 0. The maximum Gasteiger partial charge on any atom is 0.573 e. The van der Waals surface area contributed by atoms with Crippen molar-refractivity contribution < 1.29 is 17.9 Å². The molecule has 0 saturated carbocycles. The van der Waals surface area contributed by atoms with Crippen molar-refractivity contribution in [3.63, 3.8) is 0 Å². The number of pyridine rings is 1. The summed E-state index contributed by atoms with van der Waals surface area (Å²) in [4.78, 5) is 9.34. The fourth-order valence-corrected chi connectivity index (χ4v) is 4.56. The quantitative estimate of drug-likeness (QED) is 0.580. The Morgan fingerprint density at radius 2 is 1.78 bits per heavy atom. The Labute approximate surface area is 190 Å². The SMILES string of the molecule is FC(F)(F)Oc1ccc(N(CCCN2CCCCC2)c2ccc3c(n2)=C(Cl)CCC=3)cc1. The van der Waals surface area contributed by atoms with Crippen LogP contribution in [0.2, 0.25) is 0 Å². The molecule has 0 amide bonds. The van der Waals surface area contributed by atoms with Gasteiger partial charge in [0, 0.05) is 17.3 Å². The number of nitrogens with zero attached hydrogens (tertiary/aromatic N) is 3. The Kier molecular flexibility index (Phi) is 7.26. The first-order chi connectivity index (χ1) is 15.4. The Morgan fingerprint density at radius 1 is 1.03 bits per heavy atom. The monoisotopic (exact) mass is 465 g/mol. The second-order valence-corrected chi connectivity index (χ2v) is 8.66. The molecule has 4 nitrogen and oxygen atoms in total. The highest BCUT2D eigenvalue weighted by atomic mass is 35.5. The van der Waals surface area contributed by atoms with Crippen molar-refractivity contribution >= 4 is 34.2 Å². The van der Waals surface area contributed by atoms with Crippen LogP contribution >= 0.6 is 11.6 Å². The van der Waals surface area contributed by atoms with Gasteiger partial charge in [0.1, 0.15) is 11.6 Å². The molecule has 2 aliphatic rings. The van der Waals surface area contributed by atoms with E-state index in [1.807, 2.05) is 17.0 Å². The Balaban J connectivity index is 1.58. The van der Waals surface area contributed by atoms with E-state index in [2.05, 4.69) is 15.7 Å². The summed E-state index contributed by atoms with van der Waals surface area (Å²) >= 11 is 6.44. The van der Waals surface area contributed by atoms with E-state index in [9.17, 15) is 13.2 Å². The average Bonchev–Trinajstić information content (AvgIpc) is 2.77. The molecule has 0 atom stereocenters. The fourth-order valence-electron chi connectivity index (χ4n) is 4.30. The zero-order valence-electron chi connectivity index (χ0n) is 17.9. The lowest BCUT2D eigenvalue weighted by molar-refractivity contribution is -0.274. The summed E-state index contributed by atoms with van der Waals surface area (Å²) in [5.41, 5.74) is 0.765. The zero-order valence-corrected chi connectivity index (χ0v) is 18.6. The molecule has 1 saturated heterocycles. The second-order valence-electron chi connectivity index (χ2n) is 8.20. The highest BCUT2D eigenvalue weighted by Gasteiger charge is 2.31. The van der Waals surface area contributed by atoms with Crippen molar-refractivity contribution in [2.75, 3.05) is 31.1 Å². The number of fused-ring (bicyclic) bond motifs is 1. The number of alkyl halides is 3. The molecule has 172 valence electrons. The first-order valence-corrected chi connectivity index (χ1v) is 11.5. The molecule has 2 heterocycles. The maximum atomic E-state index is 12.5. The second kappa shape index (κ2) is 10.1. The van der Waals surface area contributed by atoms with Crippen LogP contribution in [0, 0.1) is 0 Å². The van der Waals surface area contributed by atoms with Crippen LogP contribution in [-0.4, -0.2) is 42.4 Å². The molecule has 0 radical (unpaired) electrons. The number of ether oxygens (including phenoxy) is 1. The van der Waals surface area contributed by atoms with Gasteiger partial charge in [-0.05, 0) is 93.4 Å². The normalized spacial score (nSPS) is 16.9. The topological polar surface area (TPSA) is 28.6 Å². The number of halogens is 4. The lowest BCUT2D eigenvalue weighted by atomic mass is 10.1. The predicted octanol–water partition coefficient (Wildman–Crippen LogP) is 4.92. The van der Waals surface area contributed by atoms with E-state index in [0.717, 1.165) is 66.0 Å². The van der Waals surface area contributed by atoms with Gasteiger partial charge < -0.3 is 14.5 Å².